The number of rotatable bonds is 3. The third-order valence-electron chi connectivity index (χ3n) is 5.17. The second-order valence-electron chi connectivity index (χ2n) is 6.84. The van der Waals surface area contributed by atoms with Crippen LogP contribution >= 0.6 is 11.6 Å². The van der Waals surface area contributed by atoms with Crippen molar-refractivity contribution in [2.24, 2.45) is 11.3 Å². The molecule has 0 amide bonds. The molecule has 1 saturated carbocycles. The van der Waals surface area contributed by atoms with E-state index in [-0.39, 0.29) is 0 Å². The molecule has 2 aliphatic rings. The minimum atomic E-state index is 0.332. The summed E-state index contributed by atoms with van der Waals surface area (Å²) in [6.07, 6.45) is 4.88. The molecule has 1 aromatic carbocycles. The molecule has 1 aliphatic carbocycles. The topological polar surface area (TPSA) is 21.3 Å². The van der Waals surface area contributed by atoms with Crippen molar-refractivity contribution in [3.05, 3.63) is 28.3 Å². The quantitative estimate of drug-likeness (QED) is 0.894. The van der Waals surface area contributed by atoms with Crippen LogP contribution < -0.4 is 10.1 Å². The maximum Gasteiger partial charge on any atom is 0.127 e. The average molecular weight is 294 g/mol. The molecule has 2 atom stereocenters. The highest BCUT2D eigenvalue weighted by Crippen LogP contribution is 2.51. The first-order chi connectivity index (χ1) is 9.53. The van der Waals surface area contributed by atoms with Crippen molar-refractivity contribution < 1.29 is 4.74 Å². The Balaban J connectivity index is 2.02. The standard InChI is InChI=1S/C17H24ClNO/c1-17(2)7-4-5-14(17)15(19-3)13-10-12(18)9-11-6-8-20-16(11)13/h9-10,14-15,19H,4-8H2,1-3H3. The monoisotopic (exact) mass is 293 g/mol. The largest absolute Gasteiger partial charge is 0.493 e. The Morgan fingerprint density at radius 1 is 1.40 bits per heavy atom. The number of hydrogen-bond acceptors (Lipinski definition) is 2. The van der Waals surface area contributed by atoms with Gasteiger partial charge in [-0.15, -0.1) is 0 Å². The lowest BCUT2D eigenvalue weighted by Crippen LogP contribution is -2.32. The molecule has 0 radical (unpaired) electrons. The van der Waals surface area contributed by atoms with E-state index in [1.54, 1.807) is 0 Å². The van der Waals surface area contributed by atoms with Crippen LogP contribution in [0.3, 0.4) is 0 Å². The first-order valence-corrected chi connectivity index (χ1v) is 8.03. The lowest BCUT2D eigenvalue weighted by Gasteiger charge is -2.35. The molecule has 1 fully saturated rings. The van der Waals surface area contributed by atoms with Gasteiger partial charge in [0.05, 0.1) is 6.61 Å². The van der Waals surface area contributed by atoms with Gasteiger partial charge in [-0.3, -0.25) is 0 Å². The van der Waals surface area contributed by atoms with Crippen molar-refractivity contribution in [1.82, 2.24) is 5.32 Å². The molecule has 110 valence electrons. The van der Waals surface area contributed by atoms with Crippen LogP contribution in [0.4, 0.5) is 0 Å². The van der Waals surface area contributed by atoms with Crippen LogP contribution in [0.1, 0.15) is 50.3 Å². The smallest absolute Gasteiger partial charge is 0.127 e. The number of halogens is 1. The molecule has 1 aliphatic heterocycles. The van der Waals surface area contributed by atoms with Crippen LogP contribution in [-0.4, -0.2) is 13.7 Å². The molecule has 1 heterocycles. The van der Waals surface area contributed by atoms with Crippen molar-refractivity contribution in [2.45, 2.75) is 45.6 Å². The lowest BCUT2D eigenvalue weighted by atomic mass is 9.75. The van der Waals surface area contributed by atoms with Gasteiger partial charge in [0.2, 0.25) is 0 Å². The number of ether oxygens (including phenoxy) is 1. The maximum absolute atomic E-state index is 6.32. The van der Waals surface area contributed by atoms with E-state index in [0.717, 1.165) is 23.8 Å². The molecule has 0 spiro atoms. The molecule has 1 aromatic rings. The molecule has 1 N–H and O–H groups in total. The molecule has 3 rings (SSSR count). The van der Waals surface area contributed by atoms with Gasteiger partial charge in [0.1, 0.15) is 5.75 Å². The summed E-state index contributed by atoms with van der Waals surface area (Å²) < 4.78 is 5.90. The number of hydrogen-bond donors (Lipinski definition) is 1. The summed E-state index contributed by atoms with van der Waals surface area (Å²) in [6.45, 7) is 5.56. The molecule has 3 heteroatoms. The fourth-order valence-corrected chi connectivity index (χ4v) is 4.32. The van der Waals surface area contributed by atoms with Crippen LogP contribution in [0.2, 0.25) is 5.02 Å². The predicted molar refractivity (Wildman–Crippen MR) is 83.6 cm³/mol. The number of benzene rings is 1. The fourth-order valence-electron chi connectivity index (χ4n) is 4.07. The Morgan fingerprint density at radius 3 is 2.85 bits per heavy atom. The highest BCUT2D eigenvalue weighted by atomic mass is 35.5. The van der Waals surface area contributed by atoms with Gasteiger partial charge in [-0.2, -0.15) is 0 Å². The predicted octanol–water partition coefficient (Wildman–Crippen LogP) is 4.36. The fraction of sp³-hybridized carbons (Fsp3) is 0.647. The molecular weight excluding hydrogens is 270 g/mol. The van der Waals surface area contributed by atoms with E-state index in [4.69, 9.17) is 16.3 Å². The van der Waals surface area contributed by atoms with Crippen molar-refractivity contribution in [1.29, 1.82) is 0 Å². The molecular formula is C17H24ClNO. The summed E-state index contributed by atoms with van der Waals surface area (Å²) in [5.74, 6) is 1.72. The minimum Gasteiger partial charge on any atom is -0.493 e. The summed E-state index contributed by atoms with van der Waals surface area (Å²) >= 11 is 6.32. The van der Waals surface area contributed by atoms with Crippen molar-refractivity contribution in [3.8, 4) is 5.75 Å². The summed E-state index contributed by atoms with van der Waals surface area (Å²) in [4.78, 5) is 0. The first-order valence-electron chi connectivity index (χ1n) is 7.65. The third kappa shape index (κ3) is 2.33. The van der Waals surface area contributed by atoms with E-state index in [1.807, 2.05) is 0 Å². The van der Waals surface area contributed by atoms with Crippen molar-refractivity contribution >= 4 is 11.6 Å². The van der Waals surface area contributed by atoms with Crippen molar-refractivity contribution in [2.75, 3.05) is 13.7 Å². The van der Waals surface area contributed by atoms with E-state index in [2.05, 4.69) is 38.3 Å². The van der Waals surface area contributed by atoms with Crippen LogP contribution in [0.25, 0.3) is 0 Å². The van der Waals surface area contributed by atoms with Gasteiger partial charge in [0, 0.05) is 23.0 Å². The lowest BCUT2D eigenvalue weighted by molar-refractivity contribution is 0.200. The van der Waals surface area contributed by atoms with E-state index in [0.29, 0.717) is 17.4 Å². The molecule has 0 aromatic heterocycles. The average Bonchev–Trinajstić information content (AvgIpc) is 2.97. The van der Waals surface area contributed by atoms with E-state index in [9.17, 15) is 0 Å². The Kier molecular flexibility index (Phi) is 3.72. The highest BCUT2D eigenvalue weighted by molar-refractivity contribution is 6.30. The molecule has 20 heavy (non-hydrogen) atoms. The van der Waals surface area contributed by atoms with E-state index < -0.39 is 0 Å². The van der Waals surface area contributed by atoms with Gasteiger partial charge in [-0.05, 0) is 48.9 Å². The van der Waals surface area contributed by atoms with Crippen LogP contribution in [0.5, 0.6) is 5.75 Å². The zero-order valence-electron chi connectivity index (χ0n) is 12.6. The third-order valence-corrected chi connectivity index (χ3v) is 5.38. The van der Waals surface area contributed by atoms with Gasteiger partial charge in [0.25, 0.3) is 0 Å². The molecule has 0 bridgehead atoms. The van der Waals surface area contributed by atoms with Crippen LogP contribution in [0, 0.1) is 11.3 Å². The Bertz CT molecular complexity index is 512. The highest BCUT2D eigenvalue weighted by Gasteiger charge is 2.41. The molecule has 2 unspecified atom stereocenters. The SMILES string of the molecule is CNC(c1cc(Cl)cc2c1OCC2)C1CCCC1(C)C. The zero-order valence-corrected chi connectivity index (χ0v) is 13.4. The zero-order chi connectivity index (χ0) is 14.3. The van der Waals surface area contributed by atoms with E-state index >= 15 is 0 Å². The normalized spacial score (nSPS) is 25.3. The Hall–Kier alpha value is -0.730. The maximum atomic E-state index is 6.32. The molecule has 0 saturated heterocycles. The Morgan fingerprint density at radius 2 is 2.20 bits per heavy atom. The Labute approximate surface area is 126 Å². The van der Waals surface area contributed by atoms with Crippen molar-refractivity contribution in [3.63, 3.8) is 0 Å². The summed E-state index contributed by atoms with van der Waals surface area (Å²) in [5, 5.41) is 4.37. The van der Waals surface area contributed by atoms with Gasteiger partial charge < -0.3 is 10.1 Å². The minimum absolute atomic E-state index is 0.332. The van der Waals surface area contributed by atoms with Gasteiger partial charge in [0.15, 0.2) is 0 Å². The summed E-state index contributed by atoms with van der Waals surface area (Å²) in [5.41, 5.74) is 2.90. The van der Waals surface area contributed by atoms with Gasteiger partial charge in [-0.25, -0.2) is 0 Å². The summed E-state index contributed by atoms with van der Waals surface area (Å²) in [7, 11) is 2.06. The van der Waals surface area contributed by atoms with Gasteiger partial charge in [-0.1, -0.05) is 31.9 Å². The first kappa shape index (κ1) is 14.2. The molecule has 2 nitrogen and oxygen atoms in total. The second-order valence-corrected chi connectivity index (χ2v) is 7.27. The van der Waals surface area contributed by atoms with E-state index in [1.165, 1.54) is 30.4 Å². The second kappa shape index (κ2) is 5.23. The number of fused-ring (bicyclic) bond motifs is 1. The number of nitrogens with one attached hydrogen (secondary N) is 1. The van der Waals surface area contributed by atoms with Crippen LogP contribution in [0.15, 0.2) is 12.1 Å². The summed E-state index contributed by atoms with van der Waals surface area (Å²) in [6, 6.07) is 4.49. The van der Waals surface area contributed by atoms with Gasteiger partial charge >= 0.3 is 0 Å². The van der Waals surface area contributed by atoms with Crippen LogP contribution in [-0.2, 0) is 6.42 Å².